The summed E-state index contributed by atoms with van der Waals surface area (Å²) in [6.07, 6.45) is 2.49. The van der Waals surface area contributed by atoms with Crippen LogP contribution in [0.15, 0.2) is 18.3 Å². The number of anilines is 1. The van der Waals surface area contributed by atoms with Crippen molar-refractivity contribution in [3.05, 3.63) is 24.0 Å². The van der Waals surface area contributed by atoms with Gasteiger partial charge in [0.25, 0.3) is 5.91 Å². The number of nitrogen functional groups attached to an aromatic ring is 1. The number of hydrogen-bond acceptors (Lipinski definition) is 3. The van der Waals surface area contributed by atoms with Gasteiger partial charge in [0.1, 0.15) is 5.69 Å². The van der Waals surface area contributed by atoms with Gasteiger partial charge in [0.2, 0.25) is 0 Å². The van der Waals surface area contributed by atoms with Crippen LogP contribution in [-0.2, 0) is 0 Å². The monoisotopic (exact) mass is 221 g/mol. The Balaban J connectivity index is 2.91. The Morgan fingerprint density at radius 1 is 1.56 bits per heavy atom. The van der Waals surface area contributed by atoms with E-state index in [0.29, 0.717) is 17.9 Å². The predicted molar refractivity (Wildman–Crippen MR) is 65.1 cm³/mol. The van der Waals surface area contributed by atoms with Crippen molar-refractivity contribution in [1.29, 1.82) is 0 Å². The van der Waals surface area contributed by atoms with Gasteiger partial charge in [-0.15, -0.1) is 0 Å². The molecule has 0 aliphatic carbocycles. The number of amides is 1. The largest absolute Gasteiger partial charge is 0.399 e. The molecule has 0 aliphatic heterocycles. The molecule has 0 saturated carbocycles. The quantitative estimate of drug-likeness (QED) is 0.845. The highest BCUT2D eigenvalue weighted by Gasteiger charge is 2.19. The fraction of sp³-hybridized carbons (Fsp3) is 0.500. The van der Waals surface area contributed by atoms with Crippen LogP contribution in [0.4, 0.5) is 5.69 Å². The number of nitrogens with two attached hydrogens (primary N) is 1. The van der Waals surface area contributed by atoms with Gasteiger partial charge in [0.15, 0.2) is 0 Å². The third-order valence-electron chi connectivity index (χ3n) is 2.73. The maximum atomic E-state index is 12.1. The van der Waals surface area contributed by atoms with E-state index in [1.807, 2.05) is 18.7 Å². The number of pyridine rings is 1. The van der Waals surface area contributed by atoms with Crippen molar-refractivity contribution in [2.75, 3.05) is 12.3 Å². The van der Waals surface area contributed by atoms with Crippen LogP contribution in [0.1, 0.15) is 37.7 Å². The molecule has 1 aromatic rings. The van der Waals surface area contributed by atoms with E-state index in [9.17, 15) is 4.79 Å². The highest BCUT2D eigenvalue weighted by molar-refractivity contribution is 5.93. The normalized spacial score (nSPS) is 12.2. The molecular weight excluding hydrogens is 202 g/mol. The molecule has 4 nitrogen and oxygen atoms in total. The Kier molecular flexibility index (Phi) is 4.28. The molecule has 0 fully saturated rings. The minimum atomic E-state index is -0.0517. The van der Waals surface area contributed by atoms with Crippen molar-refractivity contribution in [2.24, 2.45) is 0 Å². The zero-order valence-corrected chi connectivity index (χ0v) is 10.1. The molecule has 0 aromatic carbocycles. The van der Waals surface area contributed by atoms with E-state index in [0.717, 1.165) is 6.42 Å². The van der Waals surface area contributed by atoms with Crippen molar-refractivity contribution < 1.29 is 4.79 Å². The van der Waals surface area contributed by atoms with Crippen LogP contribution in [0.25, 0.3) is 0 Å². The summed E-state index contributed by atoms with van der Waals surface area (Å²) in [5.74, 6) is -0.0517. The fourth-order valence-corrected chi connectivity index (χ4v) is 1.59. The number of nitrogens with zero attached hydrogens (tertiary/aromatic N) is 2. The van der Waals surface area contributed by atoms with Gasteiger partial charge in [-0.05, 0) is 32.4 Å². The number of hydrogen-bond donors (Lipinski definition) is 1. The molecule has 1 unspecified atom stereocenters. The van der Waals surface area contributed by atoms with Gasteiger partial charge in [-0.1, -0.05) is 6.92 Å². The van der Waals surface area contributed by atoms with Gasteiger partial charge >= 0.3 is 0 Å². The second kappa shape index (κ2) is 5.49. The van der Waals surface area contributed by atoms with Crippen molar-refractivity contribution in [3.8, 4) is 0 Å². The van der Waals surface area contributed by atoms with E-state index in [1.165, 1.54) is 0 Å². The molecule has 1 atom stereocenters. The van der Waals surface area contributed by atoms with Crippen LogP contribution < -0.4 is 5.73 Å². The van der Waals surface area contributed by atoms with Crippen LogP contribution >= 0.6 is 0 Å². The summed E-state index contributed by atoms with van der Waals surface area (Å²) in [5, 5.41) is 0. The van der Waals surface area contributed by atoms with E-state index < -0.39 is 0 Å². The summed E-state index contributed by atoms with van der Waals surface area (Å²) >= 11 is 0. The first-order chi connectivity index (χ1) is 7.60. The topological polar surface area (TPSA) is 59.2 Å². The molecule has 16 heavy (non-hydrogen) atoms. The highest BCUT2D eigenvalue weighted by Crippen LogP contribution is 2.10. The summed E-state index contributed by atoms with van der Waals surface area (Å²) < 4.78 is 0. The summed E-state index contributed by atoms with van der Waals surface area (Å²) in [6, 6.07) is 3.52. The highest BCUT2D eigenvalue weighted by atomic mass is 16.2. The molecule has 0 bridgehead atoms. The fourth-order valence-electron chi connectivity index (χ4n) is 1.59. The summed E-state index contributed by atoms with van der Waals surface area (Å²) in [4.78, 5) is 18.0. The first-order valence-corrected chi connectivity index (χ1v) is 5.62. The van der Waals surface area contributed by atoms with Gasteiger partial charge in [0, 0.05) is 24.5 Å². The third-order valence-corrected chi connectivity index (χ3v) is 2.73. The molecule has 0 spiro atoms. The van der Waals surface area contributed by atoms with Gasteiger partial charge in [0.05, 0.1) is 0 Å². The Bertz CT molecular complexity index is 365. The lowest BCUT2D eigenvalue weighted by molar-refractivity contribution is 0.0694. The van der Waals surface area contributed by atoms with Crippen LogP contribution in [0.2, 0.25) is 0 Å². The first kappa shape index (κ1) is 12.5. The standard InChI is InChI=1S/C12H19N3O/c1-4-9(3)15(5-2)12(16)11-8-10(13)6-7-14-11/h6-9H,4-5H2,1-3H3,(H2,13,14). The average Bonchev–Trinajstić information content (AvgIpc) is 2.29. The van der Waals surface area contributed by atoms with E-state index in [-0.39, 0.29) is 11.9 Å². The van der Waals surface area contributed by atoms with Crippen molar-refractivity contribution in [2.45, 2.75) is 33.2 Å². The van der Waals surface area contributed by atoms with E-state index >= 15 is 0 Å². The van der Waals surface area contributed by atoms with Crippen LogP contribution in [-0.4, -0.2) is 28.4 Å². The Hall–Kier alpha value is -1.58. The lowest BCUT2D eigenvalue weighted by Gasteiger charge is -2.26. The van der Waals surface area contributed by atoms with Gasteiger partial charge in [-0.25, -0.2) is 0 Å². The van der Waals surface area contributed by atoms with Crippen molar-refractivity contribution in [1.82, 2.24) is 9.88 Å². The predicted octanol–water partition coefficient (Wildman–Crippen LogP) is 1.92. The summed E-state index contributed by atoms with van der Waals surface area (Å²) in [7, 11) is 0. The SMILES string of the molecule is CCC(C)N(CC)C(=O)c1cc(N)ccn1. The lowest BCUT2D eigenvalue weighted by atomic mass is 10.2. The second-order valence-corrected chi connectivity index (χ2v) is 3.82. The molecule has 88 valence electrons. The number of carbonyl (C=O) groups excluding carboxylic acids is 1. The molecule has 1 heterocycles. The number of aromatic nitrogens is 1. The van der Waals surface area contributed by atoms with Gasteiger partial charge < -0.3 is 10.6 Å². The van der Waals surface area contributed by atoms with E-state index in [2.05, 4.69) is 11.9 Å². The molecule has 0 aliphatic rings. The van der Waals surface area contributed by atoms with Crippen LogP contribution in [0.5, 0.6) is 0 Å². The molecule has 0 saturated heterocycles. The van der Waals surface area contributed by atoms with Gasteiger partial charge in [-0.3, -0.25) is 9.78 Å². The Morgan fingerprint density at radius 2 is 2.25 bits per heavy atom. The number of rotatable bonds is 4. The molecular formula is C12H19N3O. The minimum Gasteiger partial charge on any atom is -0.399 e. The number of carbonyl (C=O) groups is 1. The molecule has 1 aromatic heterocycles. The average molecular weight is 221 g/mol. The Labute approximate surface area is 96.5 Å². The van der Waals surface area contributed by atoms with E-state index in [1.54, 1.807) is 18.3 Å². The minimum absolute atomic E-state index is 0.0517. The first-order valence-electron chi connectivity index (χ1n) is 5.62. The zero-order valence-electron chi connectivity index (χ0n) is 10.1. The van der Waals surface area contributed by atoms with Crippen molar-refractivity contribution >= 4 is 11.6 Å². The molecule has 1 rings (SSSR count). The smallest absolute Gasteiger partial charge is 0.272 e. The zero-order chi connectivity index (χ0) is 12.1. The Morgan fingerprint density at radius 3 is 2.75 bits per heavy atom. The second-order valence-electron chi connectivity index (χ2n) is 3.82. The molecule has 0 radical (unpaired) electrons. The maximum absolute atomic E-state index is 12.1. The summed E-state index contributed by atoms with van der Waals surface area (Å²) in [6.45, 7) is 6.75. The molecule has 2 N–H and O–H groups in total. The molecule has 4 heteroatoms. The van der Waals surface area contributed by atoms with Crippen LogP contribution in [0.3, 0.4) is 0 Å². The van der Waals surface area contributed by atoms with E-state index in [4.69, 9.17) is 5.73 Å². The third kappa shape index (κ3) is 2.72. The molecule has 1 amide bonds. The van der Waals surface area contributed by atoms with Crippen molar-refractivity contribution in [3.63, 3.8) is 0 Å². The summed E-state index contributed by atoms with van der Waals surface area (Å²) in [5.41, 5.74) is 6.62. The maximum Gasteiger partial charge on any atom is 0.272 e. The van der Waals surface area contributed by atoms with Gasteiger partial charge in [-0.2, -0.15) is 0 Å². The lowest BCUT2D eigenvalue weighted by Crippen LogP contribution is -2.38. The van der Waals surface area contributed by atoms with Crippen LogP contribution in [0, 0.1) is 0 Å².